The Morgan fingerprint density at radius 3 is 1.51 bits per heavy atom. The Hall–Kier alpha value is -1.39. The molecule has 252 valence electrons. The third-order valence-corrected chi connectivity index (χ3v) is 7.94. The van der Waals surface area contributed by atoms with E-state index in [1.807, 2.05) is 0 Å². The zero-order chi connectivity index (χ0) is 31.3. The van der Waals surface area contributed by atoms with Crippen molar-refractivity contribution in [2.45, 2.75) is 187 Å². The number of hydrogen-bond donors (Lipinski definition) is 1. The average Bonchev–Trinajstić information content (AvgIpc) is 3.01. The lowest BCUT2D eigenvalue weighted by atomic mass is 10.1. The summed E-state index contributed by atoms with van der Waals surface area (Å²) < 4.78 is 11.1. The third-order valence-electron chi connectivity index (χ3n) is 7.94. The molecule has 0 aromatic heterocycles. The molecule has 0 rings (SSSR count). The summed E-state index contributed by atoms with van der Waals surface area (Å²) in [6.45, 7) is 5.29. The van der Waals surface area contributed by atoms with E-state index in [0.29, 0.717) is 13.0 Å². The fourth-order valence-corrected chi connectivity index (χ4v) is 5.12. The van der Waals surface area contributed by atoms with E-state index >= 15 is 0 Å². The molecule has 1 atom stereocenters. The van der Waals surface area contributed by atoms with Crippen molar-refractivity contribution < 1.29 is 19.4 Å². The first-order chi connectivity index (χ1) is 21.2. The van der Waals surface area contributed by atoms with Crippen LogP contribution in [0.3, 0.4) is 0 Å². The quantitative estimate of drug-likeness (QED) is 0.0451. The van der Waals surface area contributed by atoms with Crippen LogP contribution in [-0.2, 0) is 14.3 Å². The smallest absolute Gasteiger partial charge is 0.306 e. The molecule has 0 saturated heterocycles. The molecule has 0 heterocycles. The number of rotatable bonds is 34. The summed E-state index contributed by atoms with van der Waals surface area (Å²) in [6, 6.07) is 0. The van der Waals surface area contributed by atoms with Gasteiger partial charge in [-0.3, -0.25) is 4.79 Å². The molecule has 0 saturated carbocycles. The Kier molecular flexibility index (Phi) is 35.6. The predicted molar refractivity (Wildman–Crippen MR) is 187 cm³/mol. The number of carbonyl (C=O) groups excluding carboxylic acids is 1. The van der Waals surface area contributed by atoms with Crippen LogP contribution in [0.2, 0.25) is 0 Å². The number of unbranched alkanes of at least 4 members (excludes halogenated alkanes) is 20. The molecular formula is C39H72O4. The first kappa shape index (κ1) is 41.6. The molecule has 0 aromatic carbocycles. The highest BCUT2D eigenvalue weighted by Crippen LogP contribution is 2.12. The van der Waals surface area contributed by atoms with Gasteiger partial charge in [0.25, 0.3) is 0 Å². The van der Waals surface area contributed by atoms with E-state index in [1.54, 1.807) is 0 Å². The maximum atomic E-state index is 12.1. The van der Waals surface area contributed by atoms with E-state index in [4.69, 9.17) is 9.47 Å². The largest absolute Gasteiger partial charge is 0.457 e. The topological polar surface area (TPSA) is 55.8 Å². The van der Waals surface area contributed by atoms with E-state index in [-0.39, 0.29) is 19.2 Å². The Labute approximate surface area is 268 Å². The number of hydrogen-bond acceptors (Lipinski definition) is 4. The molecule has 0 fully saturated rings. The van der Waals surface area contributed by atoms with Gasteiger partial charge in [-0.15, -0.1) is 0 Å². The average molecular weight is 605 g/mol. The van der Waals surface area contributed by atoms with E-state index in [1.165, 1.54) is 135 Å². The Morgan fingerprint density at radius 1 is 0.558 bits per heavy atom. The van der Waals surface area contributed by atoms with Crippen LogP contribution >= 0.6 is 0 Å². The monoisotopic (exact) mass is 605 g/mol. The number of esters is 1. The molecule has 0 aliphatic heterocycles. The van der Waals surface area contributed by atoms with Crippen LogP contribution < -0.4 is 0 Å². The van der Waals surface area contributed by atoms with Crippen molar-refractivity contribution in [3.05, 3.63) is 36.5 Å². The SMILES string of the molecule is CCCCC/C=C\CCCCCCCC(=O)OC(CO)COCCCCCCCCCC/C=C\C/C=C\CCCCCC. The molecule has 0 amide bonds. The standard InChI is InChI=1S/C39H72O4/c1-3-5-7-9-11-13-15-17-18-19-20-21-22-23-25-27-29-31-33-35-42-37-38(36-40)43-39(41)34-32-30-28-26-24-16-14-12-10-8-6-4-2/h12-15,18-19,38,40H,3-11,16-17,20-37H2,1-2H3/b14-12-,15-13-,19-18-. The zero-order valence-electron chi connectivity index (χ0n) is 28.7. The predicted octanol–water partition coefficient (Wildman–Crippen LogP) is 11.8. The summed E-state index contributed by atoms with van der Waals surface area (Å²) in [4.78, 5) is 12.1. The van der Waals surface area contributed by atoms with Crippen molar-refractivity contribution in [1.29, 1.82) is 0 Å². The van der Waals surface area contributed by atoms with Crippen molar-refractivity contribution in [2.75, 3.05) is 19.8 Å². The van der Waals surface area contributed by atoms with Crippen LogP contribution in [0.4, 0.5) is 0 Å². The number of carbonyl (C=O) groups is 1. The van der Waals surface area contributed by atoms with Crippen molar-refractivity contribution in [3.63, 3.8) is 0 Å². The van der Waals surface area contributed by atoms with Crippen LogP contribution in [0, 0.1) is 0 Å². The molecule has 4 nitrogen and oxygen atoms in total. The van der Waals surface area contributed by atoms with Crippen LogP contribution in [0.5, 0.6) is 0 Å². The second-order valence-electron chi connectivity index (χ2n) is 12.3. The maximum absolute atomic E-state index is 12.1. The summed E-state index contributed by atoms with van der Waals surface area (Å²) in [5.74, 6) is -0.214. The van der Waals surface area contributed by atoms with Crippen LogP contribution in [0.25, 0.3) is 0 Å². The second kappa shape index (κ2) is 36.8. The molecule has 0 bridgehead atoms. The van der Waals surface area contributed by atoms with E-state index in [2.05, 4.69) is 50.3 Å². The molecule has 4 heteroatoms. The summed E-state index contributed by atoms with van der Waals surface area (Å²) in [6.07, 6.45) is 44.7. The molecule has 1 unspecified atom stereocenters. The lowest BCUT2D eigenvalue weighted by Gasteiger charge is -2.15. The lowest BCUT2D eigenvalue weighted by Crippen LogP contribution is -2.27. The molecule has 1 N–H and O–H groups in total. The van der Waals surface area contributed by atoms with Gasteiger partial charge >= 0.3 is 5.97 Å². The highest BCUT2D eigenvalue weighted by atomic mass is 16.6. The van der Waals surface area contributed by atoms with Gasteiger partial charge in [0, 0.05) is 13.0 Å². The Bertz CT molecular complexity index is 639. The van der Waals surface area contributed by atoms with Crippen LogP contribution in [-0.4, -0.2) is 37.0 Å². The van der Waals surface area contributed by atoms with Gasteiger partial charge in [-0.05, 0) is 70.6 Å². The van der Waals surface area contributed by atoms with Gasteiger partial charge in [0.15, 0.2) is 0 Å². The number of ether oxygens (including phenoxy) is 2. The first-order valence-electron chi connectivity index (χ1n) is 18.6. The normalized spacial score (nSPS) is 12.7. The molecule has 0 aromatic rings. The van der Waals surface area contributed by atoms with Crippen molar-refractivity contribution in [3.8, 4) is 0 Å². The van der Waals surface area contributed by atoms with E-state index < -0.39 is 6.10 Å². The van der Waals surface area contributed by atoms with Crippen molar-refractivity contribution >= 4 is 5.97 Å². The second-order valence-corrected chi connectivity index (χ2v) is 12.3. The van der Waals surface area contributed by atoms with Gasteiger partial charge in [-0.2, -0.15) is 0 Å². The number of aliphatic hydroxyl groups is 1. The van der Waals surface area contributed by atoms with Gasteiger partial charge in [-0.25, -0.2) is 0 Å². The Morgan fingerprint density at radius 2 is 0.977 bits per heavy atom. The van der Waals surface area contributed by atoms with Gasteiger partial charge < -0.3 is 14.6 Å². The third kappa shape index (κ3) is 35.0. The fourth-order valence-electron chi connectivity index (χ4n) is 5.12. The van der Waals surface area contributed by atoms with Gasteiger partial charge in [-0.1, -0.05) is 140 Å². The molecular weight excluding hydrogens is 532 g/mol. The minimum atomic E-state index is -0.539. The van der Waals surface area contributed by atoms with E-state index in [9.17, 15) is 9.90 Å². The lowest BCUT2D eigenvalue weighted by molar-refractivity contribution is -0.154. The minimum absolute atomic E-state index is 0.177. The highest BCUT2D eigenvalue weighted by molar-refractivity contribution is 5.69. The molecule has 0 spiro atoms. The van der Waals surface area contributed by atoms with E-state index in [0.717, 1.165) is 25.7 Å². The van der Waals surface area contributed by atoms with Crippen molar-refractivity contribution in [1.82, 2.24) is 0 Å². The Balaban J connectivity index is 3.45. The molecule has 0 aliphatic carbocycles. The van der Waals surface area contributed by atoms with Gasteiger partial charge in [0.2, 0.25) is 0 Å². The first-order valence-corrected chi connectivity index (χ1v) is 18.6. The fraction of sp³-hybridized carbons (Fsp3) is 0.821. The highest BCUT2D eigenvalue weighted by Gasteiger charge is 2.13. The molecule has 0 aliphatic rings. The molecule has 43 heavy (non-hydrogen) atoms. The zero-order valence-corrected chi connectivity index (χ0v) is 28.7. The number of aliphatic hydroxyl groups excluding tert-OH is 1. The molecule has 0 radical (unpaired) electrons. The minimum Gasteiger partial charge on any atom is -0.457 e. The van der Waals surface area contributed by atoms with Crippen LogP contribution in [0.1, 0.15) is 181 Å². The van der Waals surface area contributed by atoms with Crippen molar-refractivity contribution in [2.24, 2.45) is 0 Å². The summed E-state index contributed by atoms with van der Waals surface area (Å²) >= 11 is 0. The summed E-state index contributed by atoms with van der Waals surface area (Å²) in [7, 11) is 0. The van der Waals surface area contributed by atoms with Gasteiger partial charge in [0.05, 0.1) is 13.2 Å². The summed E-state index contributed by atoms with van der Waals surface area (Å²) in [5.41, 5.74) is 0. The summed E-state index contributed by atoms with van der Waals surface area (Å²) in [5, 5.41) is 9.54. The van der Waals surface area contributed by atoms with Crippen LogP contribution in [0.15, 0.2) is 36.5 Å². The van der Waals surface area contributed by atoms with Gasteiger partial charge in [0.1, 0.15) is 6.10 Å². The maximum Gasteiger partial charge on any atom is 0.306 e. The number of allylic oxidation sites excluding steroid dienone is 6.